The Labute approximate surface area is 175 Å². The highest BCUT2D eigenvalue weighted by atomic mass is 16.3. The number of aryl methyl sites for hydroxylation is 2. The molecular formula is C24H24N4O2. The molecule has 6 nitrogen and oxygen atoms in total. The van der Waals surface area contributed by atoms with Gasteiger partial charge in [-0.1, -0.05) is 32.0 Å². The highest BCUT2D eigenvalue weighted by molar-refractivity contribution is 6.13. The summed E-state index contributed by atoms with van der Waals surface area (Å²) in [5.74, 6) is 0.163. The molecule has 0 saturated heterocycles. The van der Waals surface area contributed by atoms with Crippen molar-refractivity contribution in [2.24, 2.45) is 7.05 Å². The summed E-state index contributed by atoms with van der Waals surface area (Å²) in [6.07, 6.45) is 3.61. The van der Waals surface area contributed by atoms with Gasteiger partial charge >= 0.3 is 0 Å². The van der Waals surface area contributed by atoms with Crippen LogP contribution >= 0.6 is 0 Å². The summed E-state index contributed by atoms with van der Waals surface area (Å²) in [4.78, 5) is 18.0. The fraction of sp³-hybridized carbons (Fsp3) is 0.208. The molecule has 0 unspecified atom stereocenters. The summed E-state index contributed by atoms with van der Waals surface area (Å²) in [5.41, 5.74) is 5.11. The quantitative estimate of drug-likeness (QED) is 0.471. The van der Waals surface area contributed by atoms with Gasteiger partial charge < -0.3 is 10.4 Å². The first-order valence-corrected chi connectivity index (χ1v) is 9.87. The number of nitrogens with zero attached hydrogens (tertiary/aromatic N) is 3. The SMILES string of the molecule is Cc1cc(O)c(C(C)C)cc1NC(=O)c1cc(-c2cnn(C)c2)nc2ccccc12. The lowest BCUT2D eigenvalue weighted by Crippen LogP contribution is -2.14. The van der Waals surface area contributed by atoms with Crippen molar-refractivity contribution in [3.63, 3.8) is 0 Å². The Balaban J connectivity index is 1.79. The smallest absolute Gasteiger partial charge is 0.256 e. The third-order valence-corrected chi connectivity index (χ3v) is 5.21. The number of carbonyl (C=O) groups is 1. The second-order valence-corrected chi connectivity index (χ2v) is 7.81. The highest BCUT2D eigenvalue weighted by Gasteiger charge is 2.17. The Bertz CT molecular complexity index is 1260. The van der Waals surface area contributed by atoms with Crippen LogP contribution < -0.4 is 5.32 Å². The van der Waals surface area contributed by atoms with E-state index in [-0.39, 0.29) is 17.6 Å². The van der Waals surface area contributed by atoms with Crippen LogP contribution in [0.2, 0.25) is 0 Å². The number of carbonyl (C=O) groups excluding carboxylic acids is 1. The molecule has 0 atom stereocenters. The van der Waals surface area contributed by atoms with Gasteiger partial charge in [-0.05, 0) is 48.2 Å². The lowest BCUT2D eigenvalue weighted by molar-refractivity contribution is 0.102. The van der Waals surface area contributed by atoms with Gasteiger partial charge in [-0.3, -0.25) is 9.48 Å². The number of aromatic hydroxyl groups is 1. The standard InChI is InChI=1S/C24H24N4O2/c1-14(2)18-10-21(15(3)9-23(18)29)27-24(30)19-11-22(16-12-25-28(4)13-16)26-20-8-6-5-7-17(19)20/h5-14,29H,1-4H3,(H,27,30). The van der Waals surface area contributed by atoms with Crippen LogP contribution in [0.25, 0.3) is 22.2 Å². The van der Waals surface area contributed by atoms with E-state index < -0.39 is 0 Å². The Morgan fingerprint density at radius 2 is 1.93 bits per heavy atom. The third-order valence-electron chi connectivity index (χ3n) is 5.21. The number of hydrogen-bond acceptors (Lipinski definition) is 4. The number of benzene rings is 2. The Hall–Kier alpha value is -3.67. The van der Waals surface area contributed by atoms with Crippen LogP contribution in [0.15, 0.2) is 54.9 Å². The van der Waals surface area contributed by atoms with Crippen molar-refractivity contribution in [2.75, 3.05) is 5.32 Å². The van der Waals surface area contributed by atoms with Crippen LogP contribution in [0.4, 0.5) is 5.69 Å². The molecule has 2 heterocycles. The number of aromatic nitrogens is 3. The first-order chi connectivity index (χ1) is 14.3. The summed E-state index contributed by atoms with van der Waals surface area (Å²) in [6, 6.07) is 12.9. The molecule has 0 radical (unpaired) electrons. The molecule has 0 aliphatic heterocycles. The van der Waals surface area contributed by atoms with Crippen LogP contribution in [-0.4, -0.2) is 25.8 Å². The lowest BCUT2D eigenvalue weighted by atomic mass is 9.99. The van der Waals surface area contributed by atoms with E-state index in [9.17, 15) is 9.90 Å². The Morgan fingerprint density at radius 1 is 1.17 bits per heavy atom. The van der Waals surface area contributed by atoms with E-state index in [1.807, 2.05) is 64.3 Å². The van der Waals surface area contributed by atoms with Crippen LogP contribution in [0, 0.1) is 6.92 Å². The zero-order valence-electron chi connectivity index (χ0n) is 17.5. The van der Waals surface area contributed by atoms with Crippen LogP contribution in [-0.2, 0) is 7.05 Å². The summed E-state index contributed by atoms with van der Waals surface area (Å²) in [5, 5.41) is 18.2. The number of fused-ring (bicyclic) bond motifs is 1. The lowest BCUT2D eigenvalue weighted by Gasteiger charge is -2.15. The molecule has 0 aliphatic carbocycles. The minimum Gasteiger partial charge on any atom is -0.508 e. The predicted molar refractivity (Wildman–Crippen MR) is 119 cm³/mol. The van der Waals surface area contributed by atoms with Crippen molar-refractivity contribution in [1.82, 2.24) is 14.8 Å². The number of nitrogens with one attached hydrogen (secondary N) is 1. The summed E-state index contributed by atoms with van der Waals surface area (Å²) in [6.45, 7) is 5.88. The van der Waals surface area contributed by atoms with E-state index >= 15 is 0 Å². The molecule has 0 spiro atoms. The van der Waals surface area contributed by atoms with Crippen molar-refractivity contribution in [3.05, 3.63) is 71.5 Å². The van der Waals surface area contributed by atoms with Crippen molar-refractivity contribution < 1.29 is 9.90 Å². The maximum absolute atomic E-state index is 13.3. The van der Waals surface area contributed by atoms with Gasteiger partial charge in [0.2, 0.25) is 0 Å². The molecule has 1 amide bonds. The summed E-state index contributed by atoms with van der Waals surface area (Å²) < 4.78 is 1.71. The molecule has 6 heteroatoms. The van der Waals surface area contributed by atoms with Crippen molar-refractivity contribution in [3.8, 4) is 17.0 Å². The molecule has 30 heavy (non-hydrogen) atoms. The molecule has 0 aliphatic rings. The monoisotopic (exact) mass is 400 g/mol. The molecule has 0 bridgehead atoms. The van der Waals surface area contributed by atoms with E-state index in [0.717, 1.165) is 27.6 Å². The normalized spacial score (nSPS) is 11.2. The number of phenolic OH excluding ortho intramolecular Hbond substituents is 1. The number of phenols is 1. The molecule has 2 aromatic carbocycles. The van der Waals surface area contributed by atoms with Gasteiger partial charge in [0.1, 0.15) is 5.75 Å². The van der Waals surface area contributed by atoms with Gasteiger partial charge in [0.05, 0.1) is 23.0 Å². The topological polar surface area (TPSA) is 80.0 Å². The van der Waals surface area contributed by atoms with E-state index in [1.165, 1.54) is 0 Å². The average Bonchev–Trinajstić information content (AvgIpc) is 3.15. The molecule has 2 N–H and O–H groups in total. The van der Waals surface area contributed by atoms with Gasteiger partial charge in [-0.15, -0.1) is 0 Å². The number of anilines is 1. The van der Waals surface area contributed by atoms with E-state index in [4.69, 9.17) is 4.98 Å². The molecule has 4 rings (SSSR count). The van der Waals surface area contributed by atoms with Crippen molar-refractivity contribution >= 4 is 22.5 Å². The van der Waals surface area contributed by atoms with Gasteiger partial charge in [0.15, 0.2) is 0 Å². The zero-order valence-corrected chi connectivity index (χ0v) is 17.5. The van der Waals surface area contributed by atoms with Gasteiger partial charge in [-0.2, -0.15) is 5.10 Å². The van der Waals surface area contributed by atoms with Gasteiger partial charge in [-0.25, -0.2) is 4.98 Å². The number of para-hydroxylation sites is 1. The maximum Gasteiger partial charge on any atom is 0.256 e. The van der Waals surface area contributed by atoms with Crippen LogP contribution in [0.3, 0.4) is 0 Å². The van der Waals surface area contributed by atoms with Gasteiger partial charge in [0, 0.05) is 29.9 Å². The molecule has 2 aromatic heterocycles. The first-order valence-electron chi connectivity index (χ1n) is 9.87. The number of amides is 1. The molecular weight excluding hydrogens is 376 g/mol. The van der Waals surface area contributed by atoms with Crippen molar-refractivity contribution in [2.45, 2.75) is 26.7 Å². The molecule has 0 saturated carbocycles. The minimum atomic E-state index is -0.220. The second-order valence-electron chi connectivity index (χ2n) is 7.81. The van der Waals surface area contributed by atoms with Crippen LogP contribution in [0.1, 0.15) is 41.3 Å². The molecule has 152 valence electrons. The van der Waals surface area contributed by atoms with Crippen molar-refractivity contribution in [1.29, 1.82) is 0 Å². The van der Waals surface area contributed by atoms with E-state index in [0.29, 0.717) is 16.9 Å². The highest BCUT2D eigenvalue weighted by Crippen LogP contribution is 2.32. The number of rotatable bonds is 4. The predicted octanol–water partition coefficient (Wildman–Crippen LogP) is 5.03. The average molecular weight is 400 g/mol. The fourth-order valence-electron chi connectivity index (χ4n) is 3.56. The summed E-state index contributed by atoms with van der Waals surface area (Å²) >= 11 is 0. The first kappa shape index (κ1) is 19.6. The van der Waals surface area contributed by atoms with Crippen LogP contribution in [0.5, 0.6) is 5.75 Å². The van der Waals surface area contributed by atoms with E-state index in [1.54, 1.807) is 23.0 Å². The Kier molecular flexibility index (Phi) is 4.99. The Morgan fingerprint density at radius 3 is 2.63 bits per heavy atom. The maximum atomic E-state index is 13.3. The molecule has 4 aromatic rings. The molecule has 0 fully saturated rings. The number of pyridine rings is 1. The summed E-state index contributed by atoms with van der Waals surface area (Å²) in [7, 11) is 1.85. The fourth-order valence-corrected chi connectivity index (χ4v) is 3.56. The largest absolute Gasteiger partial charge is 0.508 e. The minimum absolute atomic E-state index is 0.139. The zero-order chi connectivity index (χ0) is 21.4. The second kappa shape index (κ2) is 7.63. The van der Waals surface area contributed by atoms with Gasteiger partial charge in [0.25, 0.3) is 5.91 Å². The number of hydrogen-bond donors (Lipinski definition) is 2. The van der Waals surface area contributed by atoms with E-state index in [2.05, 4.69) is 10.4 Å². The third kappa shape index (κ3) is 3.64.